The Labute approximate surface area is 128 Å². The monoisotopic (exact) mass is 298 g/mol. The number of piperidine rings is 1. The first kappa shape index (κ1) is 16.7. The molecule has 5 heteroatoms. The summed E-state index contributed by atoms with van der Waals surface area (Å²) in [5, 5.41) is 14.0. The van der Waals surface area contributed by atoms with Crippen molar-refractivity contribution in [1.29, 1.82) is 0 Å². The molecule has 0 aliphatic carbocycles. The SMILES string of the molecule is CCCC1(C(=O)N(C)CC2(O)CCOCC2)CCNCC1. The number of rotatable bonds is 5. The fourth-order valence-electron chi connectivity index (χ4n) is 3.78. The van der Waals surface area contributed by atoms with Gasteiger partial charge in [0.25, 0.3) is 0 Å². The topological polar surface area (TPSA) is 61.8 Å². The molecule has 2 aliphatic heterocycles. The van der Waals surface area contributed by atoms with Crippen molar-refractivity contribution < 1.29 is 14.6 Å². The number of ether oxygens (including phenoxy) is 1. The number of nitrogens with zero attached hydrogens (tertiary/aromatic N) is 1. The molecule has 0 atom stereocenters. The Balaban J connectivity index is 2.01. The molecule has 0 saturated carbocycles. The molecule has 0 unspecified atom stereocenters. The van der Waals surface area contributed by atoms with Gasteiger partial charge in [-0.1, -0.05) is 13.3 Å². The van der Waals surface area contributed by atoms with E-state index in [-0.39, 0.29) is 11.3 Å². The smallest absolute Gasteiger partial charge is 0.228 e. The highest BCUT2D eigenvalue weighted by atomic mass is 16.5. The van der Waals surface area contributed by atoms with E-state index in [4.69, 9.17) is 4.74 Å². The molecule has 0 aromatic rings. The van der Waals surface area contributed by atoms with Gasteiger partial charge in [-0.3, -0.25) is 4.79 Å². The normalized spacial score (nSPS) is 24.5. The standard InChI is InChI=1S/C16H30N2O3/c1-3-4-15(5-9-17-10-6-15)14(19)18(2)13-16(20)7-11-21-12-8-16/h17,20H,3-13H2,1-2H3. The van der Waals surface area contributed by atoms with Crippen LogP contribution in [0.3, 0.4) is 0 Å². The zero-order valence-corrected chi connectivity index (χ0v) is 13.5. The van der Waals surface area contributed by atoms with E-state index >= 15 is 0 Å². The van der Waals surface area contributed by atoms with Gasteiger partial charge in [-0.2, -0.15) is 0 Å². The van der Waals surface area contributed by atoms with Gasteiger partial charge in [0.05, 0.1) is 11.0 Å². The molecule has 0 aromatic heterocycles. The van der Waals surface area contributed by atoms with Gasteiger partial charge < -0.3 is 20.1 Å². The maximum atomic E-state index is 13.0. The summed E-state index contributed by atoms with van der Waals surface area (Å²) in [7, 11) is 1.84. The van der Waals surface area contributed by atoms with Gasteiger partial charge in [0.2, 0.25) is 5.91 Å². The van der Waals surface area contributed by atoms with E-state index in [1.54, 1.807) is 4.90 Å². The van der Waals surface area contributed by atoms with Crippen LogP contribution in [0.5, 0.6) is 0 Å². The average molecular weight is 298 g/mol. The summed E-state index contributed by atoms with van der Waals surface area (Å²) < 4.78 is 5.31. The van der Waals surface area contributed by atoms with Gasteiger partial charge in [0.1, 0.15) is 0 Å². The Morgan fingerprint density at radius 1 is 1.24 bits per heavy atom. The third kappa shape index (κ3) is 3.96. The minimum Gasteiger partial charge on any atom is -0.388 e. The Morgan fingerprint density at radius 2 is 1.86 bits per heavy atom. The Morgan fingerprint density at radius 3 is 2.43 bits per heavy atom. The number of hydrogen-bond acceptors (Lipinski definition) is 4. The van der Waals surface area contributed by atoms with Crippen molar-refractivity contribution in [2.45, 2.75) is 51.0 Å². The van der Waals surface area contributed by atoms with Crippen molar-refractivity contribution in [1.82, 2.24) is 10.2 Å². The number of carbonyl (C=O) groups excluding carboxylic acids is 1. The van der Waals surface area contributed by atoms with Gasteiger partial charge in [-0.15, -0.1) is 0 Å². The number of hydrogen-bond donors (Lipinski definition) is 2. The van der Waals surface area contributed by atoms with Crippen molar-refractivity contribution in [3.63, 3.8) is 0 Å². The van der Waals surface area contributed by atoms with Crippen LogP contribution in [0, 0.1) is 5.41 Å². The quantitative estimate of drug-likeness (QED) is 0.799. The summed E-state index contributed by atoms with van der Waals surface area (Å²) in [6, 6.07) is 0. The second-order valence-corrected chi connectivity index (χ2v) is 6.78. The molecule has 2 fully saturated rings. The second-order valence-electron chi connectivity index (χ2n) is 6.78. The second kappa shape index (κ2) is 7.07. The van der Waals surface area contributed by atoms with Crippen LogP contribution >= 0.6 is 0 Å². The lowest BCUT2D eigenvalue weighted by atomic mass is 9.74. The van der Waals surface area contributed by atoms with Crippen LogP contribution in [0.4, 0.5) is 0 Å². The molecule has 2 rings (SSSR count). The van der Waals surface area contributed by atoms with Crippen molar-refractivity contribution in [3.05, 3.63) is 0 Å². The molecule has 0 radical (unpaired) electrons. The molecule has 21 heavy (non-hydrogen) atoms. The van der Waals surface area contributed by atoms with E-state index < -0.39 is 5.60 Å². The van der Waals surface area contributed by atoms with Gasteiger partial charge >= 0.3 is 0 Å². The van der Waals surface area contributed by atoms with Crippen LogP contribution in [0.15, 0.2) is 0 Å². The van der Waals surface area contributed by atoms with E-state index in [0.29, 0.717) is 32.6 Å². The van der Waals surface area contributed by atoms with E-state index in [9.17, 15) is 9.90 Å². The molecule has 1 amide bonds. The average Bonchev–Trinajstić information content (AvgIpc) is 2.48. The maximum absolute atomic E-state index is 13.0. The van der Waals surface area contributed by atoms with Gasteiger partial charge in [0.15, 0.2) is 0 Å². The molecule has 5 nitrogen and oxygen atoms in total. The van der Waals surface area contributed by atoms with Gasteiger partial charge in [0, 0.05) is 39.6 Å². The third-order valence-electron chi connectivity index (χ3n) is 5.04. The van der Waals surface area contributed by atoms with Crippen LogP contribution in [0.1, 0.15) is 45.4 Å². The highest BCUT2D eigenvalue weighted by molar-refractivity contribution is 5.82. The zero-order chi connectivity index (χ0) is 15.3. The van der Waals surface area contributed by atoms with E-state index in [2.05, 4.69) is 12.2 Å². The number of nitrogens with one attached hydrogen (secondary N) is 1. The van der Waals surface area contributed by atoms with Crippen molar-refractivity contribution in [3.8, 4) is 0 Å². The minimum absolute atomic E-state index is 0.214. The number of amides is 1. The molecule has 2 N–H and O–H groups in total. The van der Waals surface area contributed by atoms with Crippen molar-refractivity contribution in [2.24, 2.45) is 5.41 Å². The number of carbonyl (C=O) groups is 1. The Hall–Kier alpha value is -0.650. The highest BCUT2D eigenvalue weighted by Crippen LogP contribution is 2.36. The number of aliphatic hydroxyl groups is 1. The minimum atomic E-state index is -0.775. The molecular weight excluding hydrogens is 268 g/mol. The summed E-state index contributed by atoms with van der Waals surface area (Å²) in [6.45, 7) is 5.57. The molecule has 2 aliphatic rings. The summed E-state index contributed by atoms with van der Waals surface area (Å²) in [4.78, 5) is 14.8. The largest absolute Gasteiger partial charge is 0.388 e. The predicted octanol–water partition coefficient (Wildman–Crippen LogP) is 1.16. The molecule has 0 spiro atoms. The predicted molar refractivity (Wildman–Crippen MR) is 82.1 cm³/mol. The molecule has 122 valence electrons. The molecule has 2 saturated heterocycles. The van der Waals surface area contributed by atoms with Gasteiger partial charge in [-0.25, -0.2) is 0 Å². The Bertz CT molecular complexity index is 342. The summed E-state index contributed by atoms with van der Waals surface area (Å²) in [6.07, 6.45) is 5.02. The lowest BCUT2D eigenvalue weighted by molar-refractivity contribution is -0.149. The third-order valence-corrected chi connectivity index (χ3v) is 5.04. The first-order chi connectivity index (χ1) is 10.0. The van der Waals surface area contributed by atoms with Crippen LogP contribution in [-0.2, 0) is 9.53 Å². The molecule has 0 bridgehead atoms. The fourth-order valence-corrected chi connectivity index (χ4v) is 3.78. The number of likely N-dealkylation sites (N-methyl/N-ethyl adjacent to an activating group) is 1. The van der Waals surface area contributed by atoms with Gasteiger partial charge in [-0.05, 0) is 32.4 Å². The van der Waals surface area contributed by atoms with E-state index in [1.807, 2.05) is 7.05 Å². The highest BCUT2D eigenvalue weighted by Gasteiger charge is 2.42. The zero-order valence-electron chi connectivity index (χ0n) is 13.5. The van der Waals surface area contributed by atoms with E-state index in [0.717, 1.165) is 38.8 Å². The Kier molecular flexibility index (Phi) is 5.63. The fraction of sp³-hybridized carbons (Fsp3) is 0.938. The molecular formula is C16H30N2O3. The molecule has 2 heterocycles. The first-order valence-electron chi connectivity index (χ1n) is 8.28. The summed E-state index contributed by atoms with van der Waals surface area (Å²) in [5.74, 6) is 0.214. The van der Waals surface area contributed by atoms with Crippen LogP contribution in [-0.4, -0.2) is 61.4 Å². The van der Waals surface area contributed by atoms with Crippen LogP contribution in [0.2, 0.25) is 0 Å². The first-order valence-corrected chi connectivity index (χ1v) is 8.28. The maximum Gasteiger partial charge on any atom is 0.228 e. The lowest BCUT2D eigenvalue weighted by Crippen LogP contribution is -2.53. The van der Waals surface area contributed by atoms with Crippen molar-refractivity contribution >= 4 is 5.91 Å². The van der Waals surface area contributed by atoms with Crippen LogP contribution < -0.4 is 5.32 Å². The van der Waals surface area contributed by atoms with Crippen LogP contribution in [0.25, 0.3) is 0 Å². The molecule has 0 aromatic carbocycles. The summed E-state index contributed by atoms with van der Waals surface area (Å²) >= 11 is 0. The lowest BCUT2D eigenvalue weighted by Gasteiger charge is -2.42. The van der Waals surface area contributed by atoms with E-state index in [1.165, 1.54) is 0 Å². The summed E-state index contributed by atoms with van der Waals surface area (Å²) in [5.41, 5.74) is -1.00. The van der Waals surface area contributed by atoms with Crippen molar-refractivity contribution in [2.75, 3.05) is 39.9 Å².